The summed E-state index contributed by atoms with van der Waals surface area (Å²) in [5.74, 6) is 0.373. The van der Waals surface area contributed by atoms with Gasteiger partial charge in [-0.15, -0.1) is 0 Å². The number of fused-ring (bicyclic) bond motifs is 1. The Kier molecular flexibility index (Phi) is 5.04. The second-order valence-electron chi connectivity index (χ2n) is 6.12. The smallest absolute Gasteiger partial charge is 0.162 e. The van der Waals surface area contributed by atoms with Crippen molar-refractivity contribution in [3.8, 4) is 17.6 Å². The molecule has 1 aliphatic carbocycles. The highest BCUT2D eigenvalue weighted by Gasteiger charge is 2.19. The third-order valence-corrected chi connectivity index (χ3v) is 4.63. The average Bonchev–Trinajstić information content (AvgIpc) is 2.68. The zero-order valence-electron chi connectivity index (χ0n) is 15.2. The number of benzene rings is 1. The van der Waals surface area contributed by atoms with Crippen molar-refractivity contribution in [2.45, 2.75) is 19.8 Å². The first-order valence-corrected chi connectivity index (χ1v) is 8.57. The lowest BCUT2D eigenvalue weighted by Gasteiger charge is -2.18. The van der Waals surface area contributed by atoms with Gasteiger partial charge in [-0.2, -0.15) is 5.26 Å². The van der Waals surface area contributed by atoms with E-state index in [-0.39, 0.29) is 11.7 Å². The molecule has 0 radical (unpaired) electrons. The predicted octanol–water partition coefficient (Wildman–Crippen LogP) is 3.96. The third-order valence-electron chi connectivity index (χ3n) is 4.63. The number of phenols is 1. The molecule has 1 heterocycles. The summed E-state index contributed by atoms with van der Waals surface area (Å²) < 4.78 is 5.20. The highest BCUT2D eigenvalue weighted by molar-refractivity contribution is 6.21. The lowest BCUT2D eigenvalue weighted by atomic mass is 9.89. The van der Waals surface area contributed by atoms with Crippen molar-refractivity contribution in [1.82, 2.24) is 4.98 Å². The molecule has 0 saturated heterocycles. The van der Waals surface area contributed by atoms with Crippen LogP contribution in [0.4, 0.5) is 0 Å². The molecule has 1 aromatic carbocycles. The Balaban J connectivity index is 2.22. The van der Waals surface area contributed by atoms with E-state index in [0.29, 0.717) is 12.2 Å². The fourth-order valence-corrected chi connectivity index (χ4v) is 3.24. The van der Waals surface area contributed by atoms with Crippen molar-refractivity contribution in [2.24, 2.45) is 10.9 Å². The Morgan fingerprint density at radius 1 is 1.46 bits per heavy atom. The molecule has 3 rings (SSSR count). The molecule has 1 aliphatic rings. The number of phenolic OH excluding ortho intramolecular Hbond substituents is 1. The van der Waals surface area contributed by atoms with Gasteiger partial charge in [-0.25, -0.2) is 0 Å². The van der Waals surface area contributed by atoms with Gasteiger partial charge in [0.05, 0.1) is 30.3 Å². The van der Waals surface area contributed by atoms with Crippen LogP contribution in [0.25, 0.3) is 10.9 Å². The minimum absolute atomic E-state index is 0.0736. The number of aromatic hydroxyl groups is 1. The van der Waals surface area contributed by atoms with Crippen LogP contribution < -0.4 is 4.74 Å². The molecule has 0 saturated carbocycles. The molecule has 26 heavy (non-hydrogen) atoms. The van der Waals surface area contributed by atoms with Crippen LogP contribution >= 0.6 is 0 Å². The predicted molar refractivity (Wildman–Crippen MR) is 103 cm³/mol. The van der Waals surface area contributed by atoms with Gasteiger partial charge < -0.3 is 9.84 Å². The van der Waals surface area contributed by atoms with Gasteiger partial charge in [-0.1, -0.05) is 25.2 Å². The van der Waals surface area contributed by atoms with Crippen LogP contribution in [0.3, 0.4) is 0 Å². The number of nitrogens with zero attached hydrogens (tertiary/aromatic N) is 3. The van der Waals surface area contributed by atoms with Gasteiger partial charge in [0.25, 0.3) is 0 Å². The Morgan fingerprint density at radius 2 is 2.27 bits per heavy atom. The zero-order valence-corrected chi connectivity index (χ0v) is 15.2. The number of methoxy groups -OCH3 is 1. The number of nitriles is 1. The summed E-state index contributed by atoms with van der Waals surface area (Å²) in [6, 6.07) is 5.69. The first-order chi connectivity index (χ1) is 12.6. The summed E-state index contributed by atoms with van der Waals surface area (Å²) in [6.07, 6.45) is 9.23. The van der Waals surface area contributed by atoms with Gasteiger partial charge >= 0.3 is 0 Å². The van der Waals surface area contributed by atoms with Crippen molar-refractivity contribution in [3.05, 3.63) is 53.3 Å². The van der Waals surface area contributed by atoms with Gasteiger partial charge in [-0.05, 0) is 30.0 Å². The minimum atomic E-state index is -0.0926. The lowest BCUT2D eigenvalue weighted by molar-refractivity contribution is 0.374. The quantitative estimate of drug-likeness (QED) is 0.849. The van der Waals surface area contributed by atoms with E-state index in [1.54, 1.807) is 19.2 Å². The summed E-state index contributed by atoms with van der Waals surface area (Å²) in [4.78, 5) is 9.06. The largest absolute Gasteiger partial charge is 0.504 e. The number of pyridine rings is 1. The van der Waals surface area contributed by atoms with Crippen molar-refractivity contribution in [3.63, 3.8) is 0 Å². The topological polar surface area (TPSA) is 78.5 Å². The van der Waals surface area contributed by atoms with Crippen LogP contribution in [0, 0.1) is 17.2 Å². The minimum Gasteiger partial charge on any atom is -0.504 e. The molecule has 1 atom stereocenters. The number of aliphatic imine (C=N–C) groups is 1. The maximum atomic E-state index is 10.3. The second kappa shape index (κ2) is 7.40. The maximum absolute atomic E-state index is 10.3. The third kappa shape index (κ3) is 3.06. The summed E-state index contributed by atoms with van der Waals surface area (Å²) in [5, 5.41) is 20.2. The molecule has 0 spiro atoms. The average molecular weight is 347 g/mol. The molecule has 1 unspecified atom stereocenters. The summed E-state index contributed by atoms with van der Waals surface area (Å²) in [6.45, 7) is 2.07. The Labute approximate surface area is 153 Å². The Morgan fingerprint density at radius 3 is 2.85 bits per heavy atom. The van der Waals surface area contributed by atoms with E-state index in [1.165, 1.54) is 7.11 Å². The molecule has 0 fully saturated rings. The number of ether oxygens (including phenoxy) is 1. The van der Waals surface area contributed by atoms with Crippen LogP contribution in [0.15, 0.2) is 47.1 Å². The maximum Gasteiger partial charge on any atom is 0.162 e. The van der Waals surface area contributed by atoms with Crippen molar-refractivity contribution in [1.29, 1.82) is 5.26 Å². The standard InChI is InChI=1S/C21H21N3O2/c1-4-14-12-24-17-10-19(26-3)18(25)9-16(17)20(14)21(23-2)15-7-5-13(11-22)6-8-15/h5,7-10,12-13,25H,4,6H2,1-3H3. The van der Waals surface area contributed by atoms with Crippen LogP contribution in [-0.2, 0) is 6.42 Å². The van der Waals surface area contributed by atoms with E-state index >= 15 is 0 Å². The fraction of sp³-hybridized carbons (Fsp3) is 0.286. The molecule has 0 bridgehead atoms. The molecule has 0 amide bonds. The van der Waals surface area contributed by atoms with E-state index < -0.39 is 0 Å². The van der Waals surface area contributed by atoms with E-state index in [0.717, 1.165) is 39.7 Å². The van der Waals surface area contributed by atoms with E-state index in [1.807, 2.05) is 24.4 Å². The van der Waals surface area contributed by atoms with Crippen molar-refractivity contribution < 1.29 is 9.84 Å². The van der Waals surface area contributed by atoms with Crippen molar-refractivity contribution in [2.75, 3.05) is 14.2 Å². The van der Waals surface area contributed by atoms with Crippen LogP contribution in [0.2, 0.25) is 0 Å². The molecule has 1 aromatic heterocycles. The number of rotatable bonds is 4. The van der Waals surface area contributed by atoms with Crippen LogP contribution in [-0.4, -0.2) is 30.0 Å². The molecule has 0 aliphatic heterocycles. The van der Waals surface area contributed by atoms with Crippen LogP contribution in [0.5, 0.6) is 11.5 Å². The molecule has 2 aromatic rings. The number of hydrogen-bond donors (Lipinski definition) is 1. The molecular formula is C21H21N3O2. The molecule has 5 heteroatoms. The van der Waals surface area contributed by atoms with Gasteiger partial charge in [0.15, 0.2) is 11.5 Å². The van der Waals surface area contributed by atoms with Crippen molar-refractivity contribution >= 4 is 16.6 Å². The number of aryl methyl sites for hydroxylation is 1. The molecular weight excluding hydrogens is 326 g/mol. The first kappa shape index (κ1) is 17.7. The van der Waals surface area contributed by atoms with E-state index in [9.17, 15) is 5.11 Å². The van der Waals surface area contributed by atoms with Gasteiger partial charge in [0.2, 0.25) is 0 Å². The SMILES string of the molecule is CCc1cnc2cc(OC)c(O)cc2c1C(=NC)C1=CCC(C#N)C=C1. The van der Waals surface area contributed by atoms with E-state index in [2.05, 4.69) is 23.0 Å². The summed E-state index contributed by atoms with van der Waals surface area (Å²) >= 11 is 0. The second-order valence-corrected chi connectivity index (χ2v) is 6.12. The highest BCUT2D eigenvalue weighted by atomic mass is 16.5. The first-order valence-electron chi connectivity index (χ1n) is 8.57. The van der Waals surface area contributed by atoms with Gasteiger partial charge in [0, 0.05) is 30.3 Å². The monoisotopic (exact) mass is 347 g/mol. The number of aromatic nitrogens is 1. The number of allylic oxidation sites excluding steroid dienone is 4. The van der Waals surface area contributed by atoms with Gasteiger partial charge in [-0.3, -0.25) is 9.98 Å². The lowest BCUT2D eigenvalue weighted by Crippen LogP contribution is -2.11. The molecule has 1 N–H and O–H groups in total. The number of hydrogen-bond acceptors (Lipinski definition) is 5. The highest BCUT2D eigenvalue weighted by Crippen LogP contribution is 2.34. The Bertz CT molecular complexity index is 981. The Hall–Kier alpha value is -3.13. The summed E-state index contributed by atoms with van der Waals surface area (Å²) in [5.41, 5.74) is 4.58. The summed E-state index contributed by atoms with van der Waals surface area (Å²) in [7, 11) is 3.28. The normalized spacial score (nSPS) is 17.1. The van der Waals surface area contributed by atoms with Gasteiger partial charge in [0.1, 0.15) is 0 Å². The van der Waals surface area contributed by atoms with Crippen LogP contribution in [0.1, 0.15) is 24.5 Å². The zero-order chi connectivity index (χ0) is 18.7. The van der Waals surface area contributed by atoms with E-state index in [4.69, 9.17) is 10.00 Å². The fourth-order valence-electron chi connectivity index (χ4n) is 3.24. The molecule has 5 nitrogen and oxygen atoms in total. The molecule has 132 valence electrons.